The van der Waals surface area contributed by atoms with Gasteiger partial charge in [-0.1, -0.05) is 45.3 Å². The number of rotatable bonds is 4. The first kappa shape index (κ1) is 14.1. The van der Waals surface area contributed by atoms with Crippen molar-refractivity contribution in [1.82, 2.24) is 0 Å². The molecule has 2 aliphatic rings. The van der Waals surface area contributed by atoms with Gasteiger partial charge in [-0.2, -0.15) is 0 Å². The van der Waals surface area contributed by atoms with Gasteiger partial charge in [0.25, 0.3) is 0 Å². The second-order valence-corrected chi connectivity index (χ2v) is 6.40. The first-order valence-electron chi connectivity index (χ1n) is 7.47. The molecule has 1 fully saturated rings. The zero-order valence-corrected chi connectivity index (χ0v) is 12.3. The number of ether oxygens (including phenoxy) is 1. The fourth-order valence-electron chi connectivity index (χ4n) is 4.08. The number of unbranched alkanes of at least 4 members (excludes halogenated alkanes) is 1. The zero-order chi connectivity index (χ0) is 13.3. The van der Waals surface area contributed by atoms with Crippen LogP contribution >= 0.6 is 0 Å². The third-order valence-corrected chi connectivity index (χ3v) is 5.49. The van der Waals surface area contributed by atoms with Crippen molar-refractivity contribution in [3.8, 4) is 0 Å². The molecule has 2 nitrogen and oxygen atoms in total. The van der Waals surface area contributed by atoms with Crippen LogP contribution in [0, 0.1) is 23.2 Å². The summed E-state index contributed by atoms with van der Waals surface area (Å²) < 4.78 is 6.15. The second kappa shape index (κ2) is 5.34. The van der Waals surface area contributed by atoms with Crippen LogP contribution in [-0.4, -0.2) is 24.4 Å². The fraction of sp³-hybridized carbons (Fsp3) is 0.875. The van der Waals surface area contributed by atoms with E-state index in [1.165, 1.54) is 18.4 Å². The minimum absolute atomic E-state index is 0.0487. The van der Waals surface area contributed by atoms with Gasteiger partial charge in [0.2, 0.25) is 0 Å². The fourth-order valence-corrected chi connectivity index (χ4v) is 4.08. The van der Waals surface area contributed by atoms with Gasteiger partial charge in [0.15, 0.2) is 0 Å². The minimum Gasteiger partial charge on any atom is -0.396 e. The molecule has 18 heavy (non-hydrogen) atoms. The average Bonchev–Trinajstić information content (AvgIpc) is 2.34. The number of aliphatic hydroxyl groups excluding tert-OH is 1. The molecule has 1 aliphatic heterocycles. The Bertz CT molecular complexity index is 323. The first-order chi connectivity index (χ1) is 8.56. The lowest BCUT2D eigenvalue weighted by molar-refractivity contribution is -0.164. The number of hydrogen-bond acceptors (Lipinski definition) is 2. The van der Waals surface area contributed by atoms with E-state index in [0.717, 1.165) is 13.0 Å². The molecule has 2 bridgehead atoms. The number of aliphatic hydroxyl groups is 1. The molecule has 1 heterocycles. The van der Waals surface area contributed by atoms with Gasteiger partial charge in [-0.3, -0.25) is 0 Å². The molecule has 0 amide bonds. The normalized spacial score (nSPS) is 43.7. The van der Waals surface area contributed by atoms with Crippen LogP contribution in [0.2, 0.25) is 0 Å². The van der Waals surface area contributed by atoms with E-state index < -0.39 is 0 Å². The molecule has 0 radical (unpaired) electrons. The van der Waals surface area contributed by atoms with Crippen LogP contribution in [0.5, 0.6) is 0 Å². The van der Waals surface area contributed by atoms with Crippen molar-refractivity contribution in [3.63, 3.8) is 0 Å². The van der Waals surface area contributed by atoms with E-state index in [-0.39, 0.29) is 12.0 Å². The number of allylic oxidation sites excluding steroid dienone is 1. The Hall–Kier alpha value is -0.340. The molecule has 0 spiro atoms. The van der Waals surface area contributed by atoms with Crippen LogP contribution in [0.3, 0.4) is 0 Å². The molecular weight excluding hydrogens is 224 g/mol. The Labute approximate surface area is 111 Å². The summed E-state index contributed by atoms with van der Waals surface area (Å²) in [6, 6.07) is 0. The van der Waals surface area contributed by atoms with Crippen LogP contribution in [0.25, 0.3) is 0 Å². The highest BCUT2D eigenvalue weighted by atomic mass is 16.5. The Morgan fingerprint density at radius 2 is 2.17 bits per heavy atom. The molecule has 2 rings (SSSR count). The van der Waals surface area contributed by atoms with E-state index in [4.69, 9.17) is 4.74 Å². The molecule has 0 aromatic carbocycles. The molecule has 0 aromatic rings. The third-order valence-electron chi connectivity index (χ3n) is 5.49. The quantitative estimate of drug-likeness (QED) is 0.777. The molecular formula is C16H28O2. The molecule has 104 valence electrons. The maximum atomic E-state index is 9.87. The van der Waals surface area contributed by atoms with Gasteiger partial charge in [0.1, 0.15) is 0 Å². The van der Waals surface area contributed by atoms with Gasteiger partial charge in [-0.15, -0.1) is 0 Å². The molecule has 1 saturated heterocycles. The summed E-state index contributed by atoms with van der Waals surface area (Å²) in [5, 5.41) is 9.87. The molecule has 1 aliphatic carbocycles. The molecule has 2 heteroatoms. The monoisotopic (exact) mass is 252 g/mol. The van der Waals surface area contributed by atoms with E-state index in [9.17, 15) is 5.11 Å². The van der Waals surface area contributed by atoms with Crippen LogP contribution in [-0.2, 0) is 4.74 Å². The van der Waals surface area contributed by atoms with Crippen LogP contribution in [0.1, 0.15) is 47.0 Å². The van der Waals surface area contributed by atoms with E-state index in [2.05, 4.69) is 33.8 Å². The summed E-state index contributed by atoms with van der Waals surface area (Å²) in [5.74, 6) is 1.45. The summed E-state index contributed by atoms with van der Waals surface area (Å²) in [7, 11) is 0. The summed E-state index contributed by atoms with van der Waals surface area (Å²) in [4.78, 5) is 0. The van der Waals surface area contributed by atoms with Gasteiger partial charge in [-0.25, -0.2) is 0 Å². The number of hydrogen-bond donors (Lipinski definition) is 1. The Morgan fingerprint density at radius 3 is 2.78 bits per heavy atom. The molecule has 1 N–H and O–H groups in total. The van der Waals surface area contributed by atoms with Crippen molar-refractivity contribution < 1.29 is 9.84 Å². The van der Waals surface area contributed by atoms with Crippen LogP contribution < -0.4 is 0 Å². The molecule has 0 saturated carbocycles. The summed E-state index contributed by atoms with van der Waals surface area (Å²) >= 11 is 0. The van der Waals surface area contributed by atoms with Crippen molar-refractivity contribution in [2.45, 2.75) is 53.1 Å². The standard InChI is InChI=1S/C16H28O2/c1-5-6-7-14-15-11(2)8-12(3)16(9-17,10-18-14)13(15)4/h8,12-15,17H,5-7,9-10H2,1-4H3/t12-,13-,14-,15-,16-/m0/s1. The van der Waals surface area contributed by atoms with E-state index in [1.807, 2.05) is 0 Å². The smallest absolute Gasteiger partial charge is 0.0643 e. The Morgan fingerprint density at radius 1 is 1.44 bits per heavy atom. The third kappa shape index (κ3) is 2.04. The van der Waals surface area contributed by atoms with Crippen molar-refractivity contribution in [1.29, 1.82) is 0 Å². The average molecular weight is 252 g/mol. The summed E-state index contributed by atoms with van der Waals surface area (Å²) in [6.07, 6.45) is 6.37. The van der Waals surface area contributed by atoms with Gasteiger partial charge in [0, 0.05) is 11.3 Å². The highest BCUT2D eigenvalue weighted by Gasteiger charge is 2.52. The Balaban J connectivity index is 2.26. The zero-order valence-electron chi connectivity index (χ0n) is 12.3. The minimum atomic E-state index is -0.0487. The maximum Gasteiger partial charge on any atom is 0.0643 e. The lowest BCUT2D eigenvalue weighted by Crippen LogP contribution is -2.56. The van der Waals surface area contributed by atoms with Crippen molar-refractivity contribution >= 4 is 0 Å². The van der Waals surface area contributed by atoms with Gasteiger partial charge >= 0.3 is 0 Å². The van der Waals surface area contributed by atoms with Gasteiger partial charge in [-0.05, 0) is 25.2 Å². The Kier molecular flexibility index (Phi) is 4.18. The van der Waals surface area contributed by atoms with E-state index in [1.54, 1.807) is 0 Å². The van der Waals surface area contributed by atoms with E-state index >= 15 is 0 Å². The van der Waals surface area contributed by atoms with Crippen molar-refractivity contribution in [3.05, 3.63) is 11.6 Å². The SMILES string of the molecule is CCCC[C@@H]1OC[C@@]2(CO)[C@@H](C)C=C(C)[C@H]1[C@@H]2C. The lowest BCUT2D eigenvalue weighted by Gasteiger charge is -2.55. The van der Waals surface area contributed by atoms with Gasteiger partial charge < -0.3 is 9.84 Å². The molecule has 0 aromatic heterocycles. The predicted octanol–water partition coefficient (Wildman–Crippen LogP) is 3.40. The van der Waals surface area contributed by atoms with Gasteiger partial charge in [0.05, 0.1) is 19.3 Å². The lowest BCUT2D eigenvalue weighted by atomic mass is 9.56. The molecule has 5 atom stereocenters. The summed E-state index contributed by atoms with van der Waals surface area (Å²) in [5.41, 5.74) is 1.42. The number of fused-ring (bicyclic) bond motifs is 2. The highest BCUT2D eigenvalue weighted by Crippen LogP contribution is 2.52. The molecule has 0 unspecified atom stereocenters. The largest absolute Gasteiger partial charge is 0.396 e. The van der Waals surface area contributed by atoms with Crippen LogP contribution in [0.15, 0.2) is 11.6 Å². The van der Waals surface area contributed by atoms with Crippen molar-refractivity contribution in [2.24, 2.45) is 23.2 Å². The second-order valence-electron chi connectivity index (χ2n) is 6.40. The first-order valence-corrected chi connectivity index (χ1v) is 7.47. The van der Waals surface area contributed by atoms with Crippen LogP contribution in [0.4, 0.5) is 0 Å². The summed E-state index contributed by atoms with van der Waals surface area (Å²) in [6.45, 7) is 9.98. The predicted molar refractivity (Wildman–Crippen MR) is 74.4 cm³/mol. The maximum absolute atomic E-state index is 9.87. The topological polar surface area (TPSA) is 29.5 Å². The van der Waals surface area contributed by atoms with E-state index in [0.29, 0.717) is 23.9 Å². The van der Waals surface area contributed by atoms with Crippen molar-refractivity contribution in [2.75, 3.05) is 13.2 Å². The highest BCUT2D eigenvalue weighted by molar-refractivity contribution is 5.20.